The van der Waals surface area contributed by atoms with Crippen LogP contribution in [-0.2, 0) is 0 Å². The highest BCUT2D eigenvalue weighted by atomic mass is 16.6. The Labute approximate surface area is 154 Å². The highest BCUT2D eigenvalue weighted by molar-refractivity contribution is 5.56. The van der Waals surface area contributed by atoms with E-state index in [2.05, 4.69) is 10.6 Å². The second-order valence-corrected chi connectivity index (χ2v) is 6.02. The van der Waals surface area contributed by atoms with Crippen molar-refractivity contribution in [2.45, 2.75) is 12.5 Å². The Morgan fingerprint density at radius 3 is 2.65 bits per heavy atom. The SMILES string of the molecule is COc1ccccc1NCCCNCC1COc2cccc(OC)c2O1. The molecule has 0 radical (unpaired) electrons. The molecule has 0 saturated carbocycles. The number of anilines is 1. The van der Waals surface area contributed by atoms with E-state index in [1.807, 2.05) is 42.5 Å². The van der Waals surface area contributed by atoms with Gasteiger partial charge in [0.05, 0.1) is 19.9 Å². The monoisotopic (exact) mass is 358 g/mol. The first-order valence-electron chi connectivity index (χ1n) is 8.86. The van der Waals surface area contributed by atoms with Gasteiger partial charge in [0.1, 0.15) is 18.5 Å². The molecule has 2 N–H and O–H groups in total. The van der Waals surface area contributed by atoms with Crippen molar-refractivity contribution in [2.24, 2.45) is 0 Å². The Morgan fingerprint density at radius 1 is 1.00 bits per heavy atom. The standard InChI is InChI=1S/C20H26N2O4/c1-23-17-8-4-3-7-16(17)22-12-6-11-21-13-15-14-25-19-10-5-9-18(24-2)20(19)26-15/h3-5,7-10,15,21-22H,6,11-14H2,1-2H3. The van der Waals surface area contributed by atoms with Crippen molar-refractivity contribution in [1.82, 2.24) is 5.32 Å². The molecule has 1 heterocycles. The lowest BCUT2D eigenvalue weighted by Gasteiger charge is -2.27. The summed E-state index contributed by atoms with van der Waals surface area (Å²) in [6.45, 7) is 3.02. The van der Waals surface area contributed by atoms with Gasteiger partial charge in [0.15, 0.2) is 11.5 Å². The molecule has 6 nitrogen and oxygen atoms in total. The molecular weight excluding hydrogens is 332 g/mol. The lowest BCUT2D eigenvalue weighted by Crippen LogP contribution is -2.39. The Balaban J connectivity index is 1.37. The Hall–Kier alpha value is -2.60. The summed E-state index contributed by atoms with van der Waals surface area (Å²) >= 11 is 0. The van der Waals surface area contributed by atoms with Crippen LogP contribution in [0.25, 0.3) is 0 Å². The van der Waals surface area contributed by atoms with Gasteiger partial charge in [-0.15, -0.1) is 0 Å². The van der Waals surface area contributed by atoms with Crippen LogP contribution in [0.3, 0.4) is 0 Å². The normalized spacial score (nSPS) is 15.4. The topological polar surface area (TPSA) is 61.0 Å². The van der Waals surface area contributed by atoms with E-state index in [1.165, 1.54) is 0 Å². The summed E-state index contributed by atoms with van der Waals surface area (Å²) in [7, 11) is 3.32. The van der Waals surface area contributed by atoms with Gasteiger partial charge in [-0.2, -0.15) is 0 Å². The zero-order chi connectivity index (χ0) is 18.2. The number of methoxy groups -OCH3 is 2. The third kappa shape index (κ3) is 4.52. The molecule has 1 unspecified atom stereocenters. The van der Waals surface area contributed by atoms with Crippen LogP contribution >= 0.6 is 0 Å². The average molecular weight is 358 g/mol. The van der Waals surface area contributed by atoms with E-state index >= 15 is 0 Å². The van der Waals surface area contributed by atoms with Crippen molar-refractivity contribution >= 4 is 5.69 Å². The maximum atomic E-state index is 6.02. The number of hydrogen-bond donors (Lipinski definition) is 2. The second-order valence-electron chi connectivity index (χ2n) is 6.02. The van der Waals surface area contributed by atoms with Crippen molar-refractivity contribution in [3.05, 3.63) is 42.5 Å². The molecule has 0 aromatic heterocycles. The zero-order valence-electron chi connectivity index (χ0n) is 15.3. The van der Waals surface area contributed by atoms with Gasteiger partial charge < -0.3 is 29.6 Å². The highest BCUT2D eigenvalue weighted by Gasteiger charge is 2.23. The lowest BCUT2D eigenvalue weighted by molar-refractivity contribution is 0.0866. The van der Waals surface area contributed by atoms with Gasteiger partial charge in [-0.3, -0.25) is 0 Å². The molecule has 0 aliphatic carbocycles. The van der Waals surface area contributed by atoms with E-state index in [4.69, 9.17) is 18.9 Å². The fraction of sp³-hybridized carbons (Fsp3) is 0.400. The molecule has 1 atom stereocenters. The van der Waals surface area contributed by atoms with E-state index < -0.39 is 0 Å². The van der Waals surface area contributed by atoms with E-state index in [1.54, 1.807) is 14.2 Å². The second kappa shape index (κ2) is 9.20. The van der Waals surface area contributed by atoms with Crippen LogP contribution < -0.4 is 29.6 Å². The van der Waals surface area contributed by atoms with Crippen molar-refractivity contribution in [3.8, 4) is 23.0 Å². The van der Waals surface area contributed by atoms with Crippen LogP contribution in [0.15, 0.2) is 42.5 Å². The Bertz CT molecular complexity index is 694. The number of para-hydroxylation sites is 3. The van der Waals surface area contributed by atoms with Gasteiger partial charge in [0.2, 0.25) is 5.75 Å². The molecule has 2 aromatic carbocycles. The number of fused-ring (bicyclic) bond motifs is 1. The first-order valence-corrected chi connectivity index (χ1v) is 8.86. The van der Waals surface area contributed by atoms with E-state index in [0.717, 1.165) is 43.2 Å². The van der Waals surface area contributed by atoms with Gasteiger partial charge in [0, 0.05) is 13.1 Å². The molecule has 2 aromatic rings. The van der Waals surface area contributed by atoms with Crippen molar-refractivity contribution in [1.29, 1.82) is 0 Å². The molecule has 0 amide bonds. The summed E-state index contributed by atoms with van der Waals surface area (Å²) in [5.74, 6) is 2.99. The first-order chi connectivity index (χ1) is 12.8. The van der Waals surface area contributed by atoms with E-state index in [-0.39, 0.29) is 6.10 Å². The summed E-state index contributed by atoms with van der Waals surface area (Å²) in [5.41, 5.74) is 1.02. The summed E-state index contributed by atoms with van der Waals surface area (Å²) in [4.78, 5) is 0. The van der Waals surface area contributed by atoms with Gasteiger partial charge in [-0.25, -0.2) is 0 Å². The van der Waals surface area contributed by atoms with Crippen LogP contribution in [-0.4, -0.2) is 46.6 Å². The minimum absolute atomic E-state index is 0.0269. The van der Waals surface area contributed by atoms with Crippen molar-refractivity contribution in [3.63, 3.8) is 0 Å². The molecular formula is C20H26N2O4. The minimum Gasteiger partial charge on any atom is -0.495 e. The minimum atomic E-state index is -0.0269. The summed E-state index contributed by atoms with van der Waals surface area (Å²) in [5, 5.41) is 6.81. The average Bonchev–Trinajstić information content (AvgIpc) is 2.70. The highest BCUT2D eigenvalue weighted by Crippen LogP contribution is 2.39. The van der Waals surface area contributed by atoms with Crippen molar-refractivity contribution in [2.75, 3.05) is 45.8 Å². The zero-order valence-corrected chi connectivity index (χ0v) is 15.3. The molecule has 0 bridgehead atoms. The maximum Gasteiger partial charge on any atom is 0.204 e. The molecule has 1 aliphatic heterocycles. The third-order valence-corrected chi connectivity index (χ3v) is 4.20. The smallest absolute Gasteiger partial charge is 0.204 e. The molecule has 26 heavy (non-hydrogen) atoms. The van der Waals surface area contributed by atoms with Crippen LogP contribution in [0.5, 0.6) is 23.0 Å². The molecule has 140 valence electrons. The van der Waals surface area contributed by atoms with Gasteiger partial charge >= 0.3 is 0 Å². The molecule has 6 heteroatoms. The molecule has 3 rings (SSSR count). The Kier molecular flexibility index (Phi) is 6.44. The van der Waals surface area contributed by atoms with E-state index in [0.29, 0.717) is 18.1 Å². The van der Waals surface area contributed by atoms with Crippen molar-refractivity contribution < 1.29 is 18.9 Å². The summed E-state index contributed by atoms with van der Waals surface area (Å²) in [6.07, 6.45) is 0.965. The fourth-order valence-electron chi connectivity index (χ4n) is 2.86. The predicted octanol–water partition coefficient (Wildman–Crippen LogP) is 2.94. The van der Waals surface area contributed by atoms with Gasteiger partial charge in [-0.05, 0) is 37.2 Å². The van der Waals surface area contributed by atoms with E-state index in [9.17, 15) is 0 Å². The largest absolute Gasteiger partial charge is 0.495 e. The summed E-state index contributed by atoms with van der Waals surface area (Å²) < 4.78 is 22.5. The fourth-order valence-corrected chi connectivity index (χ4v) is 2.86. The number of ether oxygens (including phenoxy) is 4. The summed E-state index contributed by atoms with van der Waals surface area (Å²) in [6, 6.07) is 13.6. The Morgan fingerprint density at radius 2 is 1.81 bits per heavy atom. The molecule has 0 fully saturated rings. The predicted molar refractivity (Wildman–Crippen MR) is 102 cm³/mol. The molecule has 0 saturated heterocycles. The quantitative estimate of drug-likeness (QED) is 0.672. The lowest BCUT2D eigenvalue weighted by atomic mass is 10.2. The van der Waals surface area contributed by atoms with Crippen LogP contribution in [0.4, 0.5) is 5.69 Å². The number of benzene rings is 2. The van der Waals surface area contributed by atoms with Gasteiger partial charge in [0.25, 0.3) is 0 Å². The number of hydrogen-bond acceptors (Lipinski definition) is 6. The maximum absolute atomic E-state index is 6.02. The first kappa shape index (κ1) is 18.2. The molecule has 1 aliphatic rings. The third-order valence-electron chi connectivity index (χ3n) is 4.20. The molecule has 0 spiro atoms. The van der Waals surface area contributed by atoms with Gasteiger partial charge in [-0.1, -0.05) is 18.2 Å². The van der Waals surface area contributed by atoms with Crippen LogP contribution in [0, 0.1) is 0 Å². The number of nitrogens with one attached hydrogen (secondary N) is 2. The number of rotatable bonds is 9. The van der Waals surface area contributed by atoms with Crippen LogP contribution in [0.1, 0.15) is 6.42 Å². The van der Waals surface area contributed by atoms with Crippen LogP contribution in [0.2, 0.25) is 0 Å².